The van der Waals surface area contributed by atoms with Crippen molar-refractivity contribution in [1.29, 1.82) is 5.41 Å². The Balaban J connectivity index is 0.00000148. The zero-order valence-electron chi connectivity index (χ0n) is 19.5. The van der Waals surface area contributed by atoms with Crippen LogP contribution in [0.1, 0.15) is 48.2 Å². The predicted octanol–water partition coefficient (Wildman–Crippen LogP) is 7.34. The van der Waals surface area contributed by atoms with E-state index in [-0.39, 0.29) is 21.3 Å². The topological polar surface area (TPSA) is 61.6 Å². The van der Waals surface area contributed by atoms with Crippen LogP contribution < -0.4 is 0 Å². The average Bonchev–Trinajstić information content (AvgIpc) is 3.43. The van der Waals surface area contributed by atoms with Gasteiger partial charge in [0.2, 0.25) is 0 Å². The van der Waals surface area contributed by atoms with Crippen molar-refractivity contribution in [3.8, 4) is 0 Å². The highest BCUT2D eigenvalue weighted by Gasteiger charge is 2.62. The summed E-state index contributed by atoms with van der Waals surface area (Å²) >= 11 is 11.9. The van der Waals surface area contributed by atoms with Crippen molar-refractivity contribution in [2.24, 2.45) is 5.16 Å². The second kappa shape index (κ2) is 10.1. The van der Waals surface area contributed by atoms with Crippen LogP contribution in [0.2, 0.25) is 10.0 Å². The summed E-state index contributed by atoms with van der Waals surface area (Å²) in [5, 5.41) is 12.5. The van der Waals surface area contributed by atoms with Crippen LogP contribution in [-0.4, -0.2) is 27.6 Å². The van der Waals surface area contributed by atoms with Crippen molar-refractivity contribution in [2.45, 2.75) is 45.1 Å². The second-order valence-corrected chi connectivity index (χ2v) is 9.06. The predicted molar refractivity (Wildman–Crippen MR) is 135 cm³/mol. The van der Waals surface area contributed by atoms with E-state index in [0.717, 1.165) is 16.8 Å². The number of nitrogens with zero attached hydrogens (tertiary/aromatic N) is 3. The molecule has 1 atom stereocenters. The second-order valence-electron chi connectivity index (χ2n) is 8.19. The van der Waals surface area contributed by atoms with Crippen molar-refractivity contribution in [3.63, 3.8) is 0 Å². The summed E-state index contributed by atoms with van der Waals surface area (Å²) in [6.07, 6.45) is -3.59. The van der Waals surface area contributed by atoms with E-state index >= 15 is 0 Å². The van der Waals surface area contributed by atoms with Gasteiger partial charge in [-0.2, -0.15) is 13.2 Å². The monoisotopic (exact) mass is 534 g/mol. The Morgan fingerprint density at radius 2 is 1.78 bits per heavy atom. The molecule has 2 aliphatic heterocycles. The minimum atomic E-state index is -4.76. The molecule has 0 saturated heterocycles. The van der Waals surface area contributed by atoms with Crippen molar-refractivity contribution in [1.82, 2.24) is 9.88 Å². The zero-order valence-corrected chi connectivity index (χ0v) is 21.0. The first-order chi connectivity index (χ1) is 17.2. The summed E-state index contributed by atoms with van der Waals surface area (Å²) in [5.41, 5.74) is 0.147. The van der Waals surface area contributed by atoms with Crippen LogP contribution in [0, 0.1) is 5.41 Å². The number of hydrogen-bond donors (Lipinski definition) is 1. The number of nitrogens with one attached hydrogen (secondary N) is 1. The lowest BCUT2D eigenvalue weighted by atomic mass is 9.86. The van der Waals surface area contributed by atoms with Gasteiger partial charge in [-0.3, -0.25) is 10.4 Å². The SMILES string of the molecule is CC.N=C1c2ccc(C3=NOC(c4cc(Cl)cc(Cl)c4)(C(F)(F)F)C3)cc2CN1Cc1ccccn1. The maximum absolute atomic E-state index is 14.3. The number of amidine groups is 1. The van der Waals surface area contributed by atoms with Crippen LogP contribution in [0.15, 0.2) is 65.9 Å². The fourth-order valence-corrected chi connectivity index (χ4v) is 4.78. The zero-order chi connectivity index (χ0) is 26.1. The molecule has 1 N–H and O–H groups in total. The fraction of sp³-hybridized carbons (Fsp3) is 0.269. The van der Waals surface area contributed by atoms with Gasteiger partial charge in [-0.05, 0) is 47.5 Å². The summed E-state index contributed by atoms with van der Waals surface area (Å²) in [6.45, 7) is 4.90. The molecule has 0 fully saturated rings. The smallest absolute Gasteiger partial charge is 0.374 e. The molecule has 5 nitrogen and oxygen atoms in total. The number of pyridine rings is 1. The van der Waals surface area contributed by atoms with E-state index < -0.39 is 18.2 Å². The van der Waals surface area contributed by atoms with Gasteiger partial charge in [0.15, 0.2) is 0 Å². The van der Waals surface area contributed by atoms with Gasteiger partial charge in [0.1, 0.15) is 5.84 Å². The fourth-order valence-electron chi connectivity index (χ4n) is 4.26. The third-order valence-corrected chi connectivity index (χ3v) is 6.40. The van der Waals surface area contributed by atoms with Gasteiger partial charge in [-0.1, -0.05) is 60.4 Å². The summed E-state index contributed by atoms with van der Waals surface area (Å²) in [5.74, 6) is 0.343. The Morgan fingerprint density at radius 1 is 1.06 bits per heavy atom. The van der Waals surface area contributed by atoms with Crippen molar-refractivity contribution in [2.75, 3.05) is 0 Å². The van der Waals surface area contributed by atoms with E-state index in [9.17, 15) is 13.2 Å². The number of halogens is 5. The molecule has 0 spiro atoms. The third kappa shape index (κ3) is 4.80. The summed E-state index contributed by atoms with van der Waals surface area (Å²) in [4.78, 5) is 11.3. The van der Waals surface area contributed by atoms with Gasteiger partial charge in [0.05, 0.1) is 18.0 Å². The molecule has 0 bridgehead atoms. The normalized spacial score (nSPS) is 18.8. The standard InChI is InChI=1S/C24H17Cl2F3N4O.C2H6/c25-17-8-16(9-18(26)10-17)23(24(27,28)29)11-21(32-34-23)14-4-5-20-15(7-14)12-33(22(20)30)13-19-3-1-2-6-31-19;1-2/h1-10,30H,11-13H2;1-2H3. The number of oxime groups is 1. The van der Waals surface area contributed by atoms with Crippen LogP contribution in [0.5, 0.6) is 0 Å². The summed E-state index contributed by atoms with van der Waals surface area (Å²) < 4.78 is 42.8. The van der Waals surface area contributed by atoms with E-state index in [1.54, 1.807) is 24.4 Å². The Bertz CT molecular complexity index is 1290. The largest absolute Gasteiger partial charge is 0.435 e. The van der Waals surface area contributed by atoms with E-state index in [0.29, 0.717) is 24.5 Å². The summed E-state index contributed by atoms with van der Waals surface area (Å²) in [6, 6.07) is 14.5. The Hall–Kier alpha value is -3.10. The first-order valence-corrected chi connectivity index (χ1v) is 12.1. The molecule has 188 valence electrons. The van der Waals surface area contributed by atoms with Gasteiger partial charge in [0, 0.05) is 40.3 Å². The number of rotatable bonds is 4. The van der Waals surface area contributed by atoms with Crippen molar-refractivity contribution < 1.29 is 18.0 Å². The van der Waals surface area contributed by atoms with E-state index in [1.165, 1.54) is 18.2 Å². The minimum absolute atomic E-state index is 0.0761. The first kappa shape index (κ1) is 26.0. The van der Waals surface area contributed by atoms with E-state index in [1.807, 2.05) is 36.9 Å². The maximum Gasteiger partial charge on any atom is 0.435 e. The molecule has 3 aromatic rings. The molecule has 3 heterocycles. The molecule has 0 aliphatic carbocycles. The molecule has 5 rings (SSSR count). The van der Waals surface area contributed by atoms with Crippen molar-refractivity contribution >= 4 is 34.7 Å². The number of alkyl halides is 3. The van der Waals surface area contributed by atoms with Gasteiger partial charge in [-0.25, -0.2) is 0 Å². The molecule has 2 aromatic carbocycles. The third-order valence-electron chi connectivity index (χ3n) is 5.96. The number of hydrogen-bond acceptors (Lipinski definition) is 4. The molecule has 0 amide bonds. The van der Waals surface area contributed by atoms with Crippen molar-refractivity contribution in [3.05, 3.63) is 98.8 Å². The molecule has 36 heavy (non-hydrogen) atoms. The molecule has 1 unspecified atom stereocenters. The molecular weight excluding hydrogens is 512 g/mol. The highest BCUT2D eigenvalue weighted by Crippen LogP contribution is 2.49. The molecule has 0 saturated carbocycles. The molecule has 1 aromatic heterocycles. The molecular formula is C26H23Cl2F3N4O. The quantitative estimate of drug-likeness (QED) is 0.380. The van der Waals surface area contributed by atoms with Gasteiger partial charge < -0.3 is 9.74 Å². The number of benzene rings is 2. The highest BCUT2D eigenvalue weighted by molar-refractivity contribution is 6.34. The van der Waals surface area contributed by atoms with Gasteiger partial charge in [0.25, 0.3) is 5.60 Å². The van der Waals surface area contributed by atoms with Crippen LogP contribution >= 0.6 is 23.2 Å². The minimum Gasteiger partial charge on any atom is -0.374 e. The lowest BCUT2D eigenvalue weighted by molar-refractivity contribution is -0.275. The molecule has 10 heteroatoms. The lowest BCUT2D eigenvalue weighted by Gasteiger charge is -2.29. The Kier molecular flexibility index (Phi) is 7.29. The maximum atomic E-state index is 14.3. The summed E-state index contributed by atoms with van der Waals surface area (Å²) in [7, 11) is 0. The van der Waals surface area contributed by atoms with Gasteiger partial charge in [-0.15, -0.1) is 0 Å². The molecule has 0 radical (unpaired) electrons. The van der Waals surface area contributed by atoms with Crippen LogP contribution in [-0.2, 0) is 23.5 Å². The first-order valence-electron chi connectivity index (χ1n) is 11.3. The highest BCUT2D eigenvalue weighted by atomic mass is 35.5. The van der Waals surface area contributed by atoms with E-state index in [4.69, 9.17) is 33.4 Å². The number of aromatic nitrogens is 1. The molecule has 2 aliphatic rings. The van der Waals surface area contributed by atoms with Gasteiger partial charge >= 0.3 is 6.18 Å². The lowest BCUT2D eigenvalue weighted by Crippen LogP contribution is -2.42. The van der Waals surface area contributed by atoms with Crippen LogP contribution in [0.4, 0.5) is 13.2 Å². The van der Waals surface area contributed by atoms with Crippen LogP contribution in [0.3, 0.4) is 0 Å². The Labute approximate surface area is 217 Å². The van der Waals surface area contributed by atoms with Crippen LogP contribution in [0.25, 0.3) is 0 Å². The Morgan fingerprint density at radius 3 is 2.42 bits per heavy atom. The van der Waals surface area contributed by atoms with E-state index in [2.05, 4.69) is 10.1 Å². The number of fused-ring (bicyclic) bond motifs is 1. The average molecular weight is 535 g/mol.